The van der Waals surface area contributed by atoms with Crippen LogP contribution in [0.2, 0.25) is 10.0 Å². The molecule has 0 fully saturated rings. The van der Waals surface area contributed by atoms with Crippen molar-refractivity contribution >= 4 is 44.8 Å². The van der Waals surface area contributed by atoms with E-state index >= 15 is 0 Å². The molecule has 0 unspecified atom stereocenters. The van der Waals surface area contributed by atoms with E-state index in [1.165, 1.54) is 24.3 Å². The van der Waals surface area contributed by atoms with Crippen LogP contribution in [0.3, 0.4) is 0 Å². The van der Waals surface area contributed by atoms with Gasteiger partial charge >= 0.3 is 0 Å². The second-order valence-electron chi connectivity index (χ2n) is 4.46. The van der Waals surface area contributed by atoms with E-state index < -0.39 is 15.9 Å². The molecule has 0 aliphatic heterocycles. The fourth-order valence-corrected chi connectivity index (χ4v) is 2.71. The Balaban J connectivity index is 1.97. The first-order valence-electron chi connectivity index (χ1n) is 6.27. The maximum Gasteiger partial charge on any atom is 0.262 e. The predicted molar refractivity (Wildman–Crippen MR) is 88.4 cm³/mol. The second kappa shape index (κ2) is 7.18. The third-order valence-corrected chi connectivity index (χ3v) is 4.26. The summed E-state index contributed by atoms with van der Waals surface area (Å²) < 4.78 is 27.6. The van der Waals surface area contributed by atoms with Crippen molar-refractivity contribution in [2.75, 3.05) is 11.9 Å². The molecular formula is C14H12Cl2N2O4S. The maximum absolute atomic E-state index is 11.8. The summed E-state index contributed by atoms with van der Waals surface area (Å²) in [6.07, 6.45) is 0. The van der Waals surface area contributed by atoms with E-state index in [1.807, 2.05) is 0 Å². The zero-order valence-electron chi connectivity index (χ0n) is 11.6. The number of primary sulfonamides is 1. The Morgan fingerprint density at radius 2 is 1.65 bits per heavy atom. The Morgan fingerprint density at radius 1 is 1.09 bits per heavy atom. The van der Waals surface area contributed by atoms with Gasteiger partial charge in [-0.1, -0.05) is 29.3 Å². The number of nitrogens with one attached hydrogen (secondary N) is 1. The summed E-state index contributed by atoms with van der Waals surface area (Å²) in [6, 6.07) is 10.2. The van der Waals surface area contributed by atoms with Crippen molar-refractivity contribution in [1.29, 1.82) is 0 Å². The lowest BCUT2D eigenvalue weighted by molar-refractivity contribution is -0.118. The maximum atomic E-state index is 11.8. The zero-order chi connectivity index (χ0) is 17.0. The van der Waals surface area contributed by atoms with Crippen molar-refractivity contribution in [2.24, 2.45) is 5.14 Å². The fraction of sp³-hybridized carbons (Fsp3) is 0.0714. The van der Waals surface area contributed by atoms with Crippen LogP contribution in [0.15, 0.2) is 47.4 Å². The molecular weight excluding hydrogens is 363 g/mol. The highest BCUT2D eigenvalue weighted by Crippen LogP contribution is 2.32. The molecule has 0 aliphatic rings. The van der Waals surface area contributed by atoms with Gasteiger partial charge in [0, 0.05) is 5.69 Å². The van der Waals surface area contributed by atoms with Crippen molar-refractivity contribution in [2.45, 2.75) is 4.90 Å². The van der Waals surface area contributed by atoms with E-state index in [-0.39, 0.29) is 17.3 Å². The smallest absolute Gasteiger partial charge is 0.262 e. The third kappa shape index (κ3) is 4.84. The lowest BCUT2D eigenvalue weighted by atomic mass is 10.3. The van der Waals surface area contributed by atoms with E-state index in [4.69, 9.17) is 33.1 Å². The molecule has 0 saturated carbocycles. The van der Waals surface area contributed by atoms with Crippen LogP contribution >= 0.6 is 23.2 Å². The number of para-hydroxylation sites is 1. The molecule has 0 aliphatic carbocycles. The van der Waals surface area contributed by atoms with Gasteiger partial charge in [0.05, 0.1) is 14.9 Å². The highest BCUT2D eigenvalue weighted by atomic mass is 35.5. The number of anilines is 1. The molecule has 0 aromatic heterocycles. The molecule has 0 bridgehead atoms. The third-order valence-electron chi connectivity index (χ3n) is 2.73. The Bertz CT molecular complexity index is 803. The van der Waals surface area contributed by atoms with E-state index in [1.54, 1.807) is 18.2 Å². The van der Waals surface area contributed by atoms with Crippen LogP contribution in [0.1, 0.15) is 0 Å². The molecule has 2 aromatic rings. The molecule has 3 N–H and O–H groups in total. The van der Waals surface area contributed by atoms with Crippen LogP contribution in [0.4, 0.5) is 5.69 Å². The molecule has 2 rings (SSSR count). The number of sulfonamides is 1. The summed E-state index contributed by atoms with van der Waals surface area (Å²) in [6.45, 7) is -0.305. The van der Waals surface area contributed by atoms with Gasteiger partial charge in [0.25, 0.3) is 5.91 Å². The topological polar surface area (TPSA) is 98.5 Å². The Hall–Kier alpha value is -1.80. The van der Waals surface area contributed by atoms with Gasteiger partial charge < -0.3 is 10.1 Å². The summed E-state index contributed by atoms with van der Waals surface area (Å²) in [5.74, 6) is -0.236. The molecule has 0 atom stereocenters. The van der Waals surface area contributed by atoms with Gasteiger partial charge in [0.15, 0.2) is 12.4 Å². The number of carbonyl (C=O) groups excluding carboxylic acids is 1. The monoisotopic (exact) mass is 374 g/mol. The molecule has 0 saturated heterocycles. The SMILES string of the molecule is NS(=O)(=O)c1ccc(NC(=O)COc2c(Cl)cccc2Cl)cc1. The molecule has 0 heterocycles. The highest BCUT2D eigenvalue weighted by molar-refractivity contribution is 7.89. The summed E-state index contributed by atoms with van der Waals surface area (Å²) in [4.78, 5) is 11.8. The quantitative estimate of drug-likeness (QED) is 0.839. The van der Waals surface area contributed by atoms with Crippen LogP contribution in [0, 0.1) is 0 Å². The molecule has 6 nitrogen and oxygen atoms in total. The molecule has 122 valence electrons. The molecule has 23 heavy (non-hydrogen) atoms. The number of nitrogens with two attached hydrogens (primary N) is 1. The van der Waals surface area contributed by atoms with Crippen LogP contribution in [-0.2, 0) is 14.8 Å². The van der Waals surface area contributed by atoms with Crippen molar-refractivity contribution in [3.8, 4) is 5.75 Å². The van der Waals surface area contributed by atoms with E-state index in [2.05, 4.69) is 5.32 Å². The minimum absolute atomic E-state index is 0.0467. The molecule has 1 amide bonds. The molecule has 0 spiro atoms. The normalized spacial score (nSPS) is 11.1. The van der Waals surface area contributed by atoms with Crippen molar-refractivity contribution < 1.29 is 17.9 Å². The predicted octanol–water partition coefficient (Wildman–Crippen LogP) is 2.66. The number of benzene rings is 2. The van der Waals surface area contributed by atoms with Crippen LogP contribution in [-0.4, -0.2) is 20.9 Å². The Labute approximate surface area is 143 Å². The van der Waals surface area contributed by atoms with E-state index in [0.717, 1.165) is 0 Å². The fourth-order valence-electron chi connectivity index (χ4n) is 1.68. The van der Waals surface area contributed by atoms with E-state index in [9.17, 15) is 13.2 Å². The Kier molecular flexibility index (Phi) is 5.48. The minimum Gasteiger partial charge on any atom is -0.481 e. The summed E-state index contributed by atoms with van der Waals surface area (Å²) in [7, 11) is -3.77. The molecule has 9 heteroatoms. The lowest BCUT2D eigenvalue weighted by Crippen LogP contribution is -2.20. The number of hydrogen-bond donors (Lipinski definition) is 2. The highest BCUT2D eigenvalue weighted by Gasteiger charge is 2.11. The molecule has 0 radical (unpaired) electrons. The zero-order valence-corrected chi connectivity index (χ0v) is 14.0. The number of amides is 1. The lowest BCUT2D eigenvalue weighted by Gasteiger charge is -2.10. The van der Waals surface area contributed by atoms with Crippen LogP contribution < -0.4 is 15.2 Å². The minimum atomic E-state index is -3.77. The van der Waals surface area contributed by atoms with Crippen molar-refractivity contribution in [3.05, 3.63) is 52.5 Å². The average Bonchev–Trinajstić information content (AvgIpc) is 2.46. The van der Waals surface area contributed by atoms with Gasteiger partial charge in [0.1, 0.15) is 0 Å². The van der Waals surface area contributed by atoms with Crippen molar-refractivity contribution in [1.82, 2.24) is 0 Å². The first-order chi connectivity index (χ1) is 10.8. The second-order valence-corrected chi connectivity index (χ2v) is 6.83. The van der Waals surface area contributed by atoms with Gasteiger partial charge in [0.2, 0.25) is 10.0 Å². The number of rotatable bonds is 5. The summed E-state index contributed by atoms with van der Waals surface area (Å²) in [5, 5.41) is 8.12. The van der Waals surface area contributed by atoms with E-state index in [0.29, 0.717) is 15.7 Å². The average molecular weight is 375 g/mol. The number of hydrogen-bond acceptors (Lipinski definition) is 4. The Morgan fingerprint density at radius 3 is 2.17 bits per heavy atom. The summed E-state index contributed by atoms with van der Waals surface area (Å²) in [5.41, 5.74) is 0.399. The number of halogens is 2. The van der Waals surface area contributed by atoms with Crippen LogP contribution in [0.5, 0.6) is 5.75 Å². The first kappa shape index (κ1) is 17.6. The van der Waals surface area contributed by atoms with Gasteiger partial charge in [-0.05, 0) is 36.4 Å². The number of carbonyl (C=O) groups is 1. The van der Waals surface area contributed by atoms with Crippen LogP contribution in [0.25, 0.3) is 0 Å². The van der Waals surface area contributed by atoms with Gasteiger partial charge in [-0.25, -0.2) is 13.6 Å². The van der Waals surface area contributed by atoms with Gasteiger partial charge in [-0.15, -0.1) is 0 Å². The largest absolute Gasteiger partial charge is 0.481 e. The van der Waals surface area contributed by atoms with Crippen molar-refractivity contribution in [3.63, 3.8) is 0 Å². The number of ether oxygens (including phenoxy) is 1. The van der Waals surface area contributed by atoms with Gasteiger partial charge in [-0.2, -0.15) is 0 Å². The first-order valence-corrected chi connectivity index (χ1v) is 8.57. The molecule has 2 aromatic carbocycles. The summed E-state index contributed by atoms with van der Waals surface area (Å²) >= 11 is 11.8. The standard InChI is InChI=1S/C14H12Cl2N2O4S/c15-11-2-1-3-12(16)14(11)22-8-13(19)18-9-4-6-10(7-5-9)23(17,20)21/h1-7H,8H2,(H,18,19)(H2,17,20,21). The van der Waals surface area contributed by atoms with Gasteiger partial charge in [-0.3, -0.25) is 4.79 Å².